The van der Waals surface area contributed by atoms with Gasteiger partial charge in [0.25, 0.3) is 5.91 Å². The number of nitrogens with zero attached hydrogens (tertiary/aromatic N) is 5. The minimum absolute atomic E-state index is 0.212. The highest BCUT2D eigenvalue weighted by Gasteiger charge is 2.24. The summed E-state index contributed by atoms with van der Waals surface area (Å²) in [7, 11) is 1.88. The van der Waals surface area contributed by atoms with Crippen LogP contribution in [-0.2, 0) is 7.05 Å². The Kier molecular flexibility index (Phi) is 5.53. The molecule has 0 radical (unpaired) electrons. The van der Waals surface area contributed by atoms with E-state index in [4.69, 9.17) is 11.5 Å². The third kappa shape index (κ3) is 3.83. The fraction of sp³-hybridized carbons (Fsp3) is 0.333. The number of fused-ring (bicyclic) bond motifs is 1. The number of nitrogens with two attached hydrogens (primary N) is 2. The van der Waals surface area contributed by atoms with Crippen molar-refractivity contribution in [2.24, 2.45) is 12.8 Å². The van der Waals surface area contributed by atoms with Crippen molar-refractivity contribution in [1.82, 2.24) is 19.7 Å². The molecule has 5 rings (SSSR count). The van der Waals surface area contributed by atoms with Crippen LogP contribution in [0.3, 0.4) is 0 Å². The summed E-state index contributed by atoms with van der Waals surface area (Å²) in [5.41, 5.74) is 15.0. The highest BCUT2D eigenvalue weighted by atomic mass is 32.1. The molecule has 0 aliphatic carbocycles. The topological polar surface area (TPSA) is 128 Å². The number of rotatable bonds is 4. The molecule has 1 unspecified atom stereocenters. The van der Waals surface area contributed by atoms with Crippen molar-refractivity contribution in [3.05, 3.63) is 35.6 Å². The molecule has 1 aliphatic rings. The van der Waals surface area contributed by atoms with E-state index in [2.05, 4.69) is 25.3 Å². The normalized spacial score (nSPS) is 16.9. The zero-order valence-electron chi connectivity index (χ0n) is 17.6. The molecule has 32 heavy (non-hydrogen) atoms. The van der Waals surface area contributed by atoms with Gasteiger partial charge in [-0.25, -0.2) is 4.98 Å². The molecule has 166 valence electrons. The second-order valence-electron chi connectivity index (χ2n) is 7.89. The second kappa shape index (κ2) is 8.49. The third-order valence-electron chi connectivity index (χ3n) is 5.69. The SMILES string of the molecule is Cn1ncc(NC(=O)c2c(N)sc3cc(-c4nccs4)cnc23)c1N1CCCC(N)CC1. The predicted octanol–water partition coefficient (Wildman–Crippen LogP) is 3.31. The number of carbonyl (C=O) groups is 1. The molecule has 4 aromatic rings. The van der Waals surface area contributed by atoms with Gasteiger partial charge < -0.3 is 21.7 Å². The number of carbonyl (C=O) groups excluding carboxylic acids is 1. The summed E-state index contributed by atoms with van der Waals surface area (Å²) >= 11 is 2.90. The number of aryl methyl sites for hydroxylation is 1. The number of hydrogen-bond donors (Lipinski definition) is 3. The monoisotopic (exact) mass is 468 g/mol. The summed E-state index contributed by atoms with van der Waals surface area (Å²) in [6, 6.07) is 2.19. The largest absolute Gasteiger partial charge is 0.390 e. The first-order valence-electron chi connectivity index (χ1n) is 10.4. The van der Waals surface area contributed by atoms with E-state index in [1.54, 1.807) is 34.6 Å². The molecule has 1 atom stereocenters. The molecule has 4 aromatic heterocycles. The fourth-order valence-electron chi connectivity index (χ4n) is 4.11. The first kappa shape index (κ1) is 20.9. The van der Waals surface area contributed by atoms with Crippen molar-refractivity contribution in [3.63, 3.8) is 0 Å². The number of thiophene rings is 1. The van der Waals surface area contributed by atoms with Crippen LogP contribution < -0.4 is 21.7 Å². The van der Waals surface area contributed by atoms with E-state index in [0.29, 0.717) is 21.8 Å². The molecule has 1 aliphatic heterocycles. The molecule has 0 bridgehead atoms. The molecule has 5 heterocycles. The molecule has 1 amide bonds. The van der Waals surface area contributed by atoms with Crippen LogP contribution in [0.25, 0.3) is 20.8 Å². The van der Waals surface area contributed by atoms with E-state index in [1.165, 1.54) is 11.3 Å². The van der Waals surface area contributed by atoms with Crippen LogP contribution >= 0.6 is 22.7 Å². The average Bonchev–Trinajstić information content (AvgIpc) is 3.46. The van der Waals surface area contributed by atoms with Crippen LogP contribution in [0.1, 0.15) is 29.6 Å². The van der Waals surface area contributed by atoms with Gasteiger partial charge in [-0.15, -0.1) is 22.7 Å². The van der Waals surface area contributed by atoms with Gasteiger partial charge in [0, 0.05) is 49.5 Å². The maximum atomic E-state index is 13.3. The zero-order chi connectivity index (χ0) is 22.2. The Bertz CT molecular complexity index is 1260. The quantitative estimate of drug-likeness (QED) is 0.419. The second-order valence-corrected chi connectivity index (χ2v) is 9.87. The van der Waals surface area contributed by atoms with Gasteiger partial charge in [0.05, 0.1) is 16.4 Å². The van der Waals surface area contributed by atoms with E-state index < -0.39 is 0 Å². The van der Waals surface area contributed by atoms with Gasteiger partial charge in [-0.3, -0.25) is 14.5 Å². The van der Waals surface area contributed by atoms with Gasteiger partial charge in [-0.2, -0.15) is 5.10 Å². The Balaban J connectivity index is 1.44. The van der Waals surface area contributed by atoms with Crippen LogP contribution in [0.15, 0.2) is 30.0 Å². The van der Waals surface area contributed by atoms with Gasteiger partial charge in [0.1, 0.15) is 21.3 Å². The summed E-state index contributed by atoms with van der Waals surface area (Å²) in [5.74, 6) is 0.591. The van der Waals surface area contributed by atoms with Crippen molar-refractivity contribution in [2.45, 2.75) is 25.3 Å². The van der Waals surface area contributed by atoms with Crippen LogP contribution in [0.4, 0.5) is 16.5 Å². The van der Waals surface area contributed by atoms with Crippen LogP contribution in [-0.4, -0.2) is 44.8 Å². The van der Waals surface area contributed by atoms with Gasteiger partial charge in [0.2, 0.25) is 0 Å². The minimum Gasteiger partial charge on any atom is -0.390 e. The molecule has 1 fully saturated rings. The van der Waals surface area contributed by atoms with Crippen LogP contribution in [0, 0.1) is 0 Å². The average molecular weight is 469 g/mol. The lowest BCUT2D eigenvalue weighted by molar-refractivity contribution is 0.102. The molecule has 5 N–H and O–H groups in total. The Hall–Kier alpha value is -3.02. The van der Waals surface area contributed by atoms with Gasteiger partial charge in [0.15, 0.2) is 5.82 Å². The number of anilines is 3. The summed E-state index contributed by atoms with van der Waals surface area (Å²) < 4.78 is 2.65. The van der Waals surface area contributed by atoms with E-state index in [1.807, 2.05) is 18.5 Å². The standard InChI is InChI=1S/C21H24N8OS2/c1-28-21(29-6-2-3-13(22)4-7-29)14(11-26-28)27-19(30)16-17-15(32-18(16)23)9-12(10-25-17)20-24-5-8-31-20/h5,8-11,13H,2-4,6-7,22-23H2,1H3,(H,27,30). The third-order valence-corrected chi connectivity index (χ3v) is 7.47. The molecular weight excluding hydrogens is 444 g/mol. The molecule has 0 aromatic carbocycles. The molecular formula is C21H24N8OS2. The highest BCUT2D eigenvalue weighted by molar-refractivity contribution is 7.23. The number of aromatic nitrogens is 4. The summed E-state index contributed by atoms with van der Waals surface area (Å²) in [4.78, 5) is 24.4. The fourth-order valence-corrected chi connectivity index (χ4v) is 5.70. The Labute approximate surface area is 193 Å². The molecule has 0 saturated carbocycles. The Morgan fingerprint density at radius 3 is 2.94 bits per heavy atom. The number of nitrogens with one attached hydrogen (secondary N) is 1. The Morgan fingerprint density at radius 1 is 1.25 bits per heavy atom. The van der Waals surface area contributed by atoms with Crippen LogP contribution in [0.5, 0.6) is 0 Å². The van der Waals surface area contributed by atoms with Crippen molar-refractivity contribution in [2.75, 3.05) is 29.0 Å². The number of hydrogen-bond acceptors (Lipinski definition) is 9. The first-order valence-corrected chi connectivity index (χ1v) is 12.1. The highest BCUT2D eigenvalue weighted by Crippen LogP contribution is 2.36. The van der Waals surface area contributed by atoms with E-state index in [9.17, 15) is 4.79 Å². The number of nitrogen functional groups attached to an aromatic ring is 1. The van der Waals surface area contributed by atoms with Crippen molar-refractivity contribution < 1.29 is 4.79 Å². The lowest BCUT2D eigenvalue weighted by Gasteiger charge is -2.24. The molecule has 11 heteroatoms. The van der Waals surface area contributed by atoms with Crippen molar-refractivity contribution >= 4 is 55.3 Å². The predicted molar refractivity (Wildman–Crippen MR) is 130 cm³/mol. The van der Waals surface area contributed by atoms with Crippen LogP contribution in [0.2, 0.25) is 0 Å². The number of amides is 1. The molecule has 1 saturated heterocycles. The van der Waals surface area contributed by atoms with E-state index >= 15 is 0 Å². The molecule has 9 nitrogen and oxygen atoms in total. The zero-order valence-corrected chi connectivity index (χ0v) is 19.2. The van der Waals surface area contributed by atoms with E-state index in [-0.39, 0.29) is 11.9 Å². The summed E-state index contributed by atoms with van der Waals surface area (Å²) in [6.45, 7) is 1.70. The van der Waals surface area contributed by atoms with Gasteiger partial charge in [-0.05, 0) is 25.3 Å². The van der Waals surface area contributed by atoms with Crippen molar-refractivity contribution in [3.8, 4) is 10.6 Å². The number of thiazole rings is 1. The smallest absolute Gasteiger partial charge is 0.261 e. The van der Waals surface area contributed by atoms with Gasteiger partial charge >= 0.3 is 0 Å². The lowest BCUT2D eigenvalue weighted by atomic mass is 10.1. The first-order chi connectivity index (χ1) is 15.5. The minimum atomic E-state index is -0.288. The summed E-state index contributed by atoms with van der Waals surface area (Å²) in [5, 5.41) is 10.6. The Morgan fingerprint density at radius 2 is 2.12 bits per heavy atom. The van der Waals surface area contributed by atoms with Gasteiger partial charge in [-0.1, -0.05) is 0 Å². The molecule has 0 spiro atoms. The number of pyridine rings is 1. The van der Waals surface area contributed by atoms with E-state index in [0.717, 1.165) is 53.4 Å². The maximum absolute atomic E-state index is 13.3. The van der Waals surface area contributed by atoms with Crippen molar-refractivity contribution in [1.29, 1.82) is 0 Å². The lowest BCUT2D eigenvalue weighted by Crippen LogP contribution is -2.29. The maximum Gasteiger partial charge on any atom is 0.261 e. The summed E-state index contributed by atoms with van der Waals surface area (Å²) in [6.07, 6.45) is 8.09.